The average molecular weight is 272 g/mol. The van der Waals surface area contributed by atoms with E-state index in [4.69, 9.17) is 5.73 Å². The van der Waals surface area contributed by atoms with Crippen molar-refractivity contribution in [3.05, 3.63) is 42.4 Å². The second-order valence-corrected chi connectivity index (χ2v) is 5.11. The first-order chi connectivity index (χ1) is 9.74. The second-order valence-electron chi connectivity index (χ2n) is 5.11. The van der Waals surface area contributed by atoms with E-state index in [1.807, 2.05) is 16.8 Å². The molecule has 0 bridgehead atoms. The van der Waals surface area contributed by atoms with E-state index in [0.29, 0.717) is 11.9 Å². The van der Waals surface area contributed by atoms with Crippen LogP contribution in [0, 0.1) is 0 Å². The molecule has 0 fully saturated rings. The van der Waals surface area contributed by atoms with Gasteiger partial charge in [0.15, 0.2) is 0 Å². The molecule has 1 aromatic heterocycles. The summed E-state index contributed by atoms with van der Waals surface area (Å²) >= 11 is 0. The number of nitrogen functional groups attached to an aromatic ring is 1. The summed E-state index contributed by atoms with van der Waals surface area (Å²) in [7, 11) is 0. The fourth-order valence-electron chi connectivity index (χ4n) is 2.44. The van der Waals surface area contributed by atoms with E-state index in [0.717, 1.165) is 18.7 Å². The second kappa shape index (κ2) is 7.10. The van der Waals surface area contributed by atoms with Crippen molar-refractivity contribution in [2.75, 3.05) is 5.73 Å². The molecule has 0 spiro atoms. The third kappa shape index (κ3) is 3.61. The Kier molecular flexibility index (Phi) is 5.18. The maximum Gasteiger partial charge on any atom is 0.141 e. The van der Waals surface area contributed by atoms with Gasteiger partial charge in [0.2, 0.25) is 0 Å². The molecule has 20 heavy (non-hydrogen) atoms. The van der Waals surface area contributed by atoms with Crippen LogP contribution in [0.15, 0.2) is 36.8 Å². The van der Waals surface area contributed by atoms with Crippen molar-refractivity contribution < 1.29 is 0 Å². The summed E-state index contributed by atoms with van der Waals surface area (Å²) in [6.07, 6.45) is 7.20. The molecule has 2 rings (SSSR count). The topological polar surface area (TPSA) is 55.9 Å². The van der Waals surface area contributed by atoms with Crippen molar-refractivity contribution >= 4 is 5.82 Å². The van der Waals surface area contributed by atoms with Gasteiger partial charge >= 0.3 is 0 Å². The number of aromatic nitrogens is 2. The van der Waals surface area contributed by atoms with E-state index in [2.05, 4.69) is 42.3 Å². The number of hydrogen-bond donors (Lipinski definition) is 2. The van der Waals surface area contributed by atoms with Crippen LogP contribution >= 0.6 is 0 Å². The molecular formula is C16H24N4. The Morgan fingerprint density at radius 3 is 2.75 bits per heavy atom. The minimum absolute atomic E-state index is 0.546. The first-order valence-electron chi connectivity index (χ1n) is 7.35. The molecule has 1 unspecified atom stereocenters. The molecule has 0 aliphatic heterocycles. The van der Waals surface area contributed by atoms with Crippen molar-refractivity contribution in [2.45, 2.75) is 45.7 Å². The third-order valence-corrected chi connectivity index (χ3v) is 3.58. The van der Waals surface area contributed by atoms with Gasteiger partial charge < -0.3 is 15.6 Å². The van der Waals surface area contributed by atoms with Crippen LogP contribution in [0.4, 0.5) is 5.82 Å². The number of nitrogens with two attached hydrogens (primary N) is 1. The predicted octanol–water partition coefficient (Wildman–Crippen LogP) is 3.12. The Morgan fingerprint density at radius 2 is 2.10 bits per heavy atom. The van der Waals surface area contributed by atoms with Gasteiger partial charge in [-0.05, 0) is 24.5 Å². The molecule has 108 valence electrons. The number of anilines is 1. The van der Waals surface area contributed by atoms with Gasteiger partial charge in [0.25, 0.3) is 0 Å². The summed E-state index contributed by atoms with van der Waals surface area (Å²) in [6, 6.07) is 8.94. The molecule has 1 aromatic carbocycles. The Labute approximate surface area is 121 Å². The van der Waals surface area contributed by atoms with E-state index in [1.165, 1.54) is 18.4 Å². The monoisotopic (exact) mass is 272 g/mol. The van der Waals surface area contributed by atoms with E-state index < -0.39 is 0 Å². The van der Waals surface area contributed by atoms with E-state index in [1.54, 1.807) is 6.33 Å². The first kappa shape index (κ1) is 14.6. The Bertz CT molecular complexity index is 533. The lowest BCUT2D eigenvalue weighted by Crippen LogP contribution is -2.28. The van der Waals surface area contributed by atoms with Crippen molar-refractivity contribution in [2.24, 2.45) is 0 Å². The molecule has 0 aliphatic rings. The maximum absolute atomic E-state index is 5.70. The van der Waals surface area contributed by atoms with Gasteiger partial charge in [-0.1, -0.05) is 38.5 Å². The van der Waals surface area contributed by atoms with E-state index >= 15 is 0 Å². The summed E-state index contributed by atoms with van der Waals surface area (Å²) in [5.74, 6) is 0.546. The minimum Gasteiger partial charge on any atom is -0.382 e. The third-order valence-electron chi connectivity index (χ3n) is 3.58. The van der Waals surface area contributed by atoms with Crippen LogP contribution in [0.2, 0.25) is 0 Å². The fourth-order valence-corrected chi connectivity index (χ4v) is 2.44. The van der Waals surface area contributed by atoms with Crippen LogP contribution in [-0.4, -0.2) is 15.6 Å². The summed E-state index contributed by atoms with van der Waals surface area (Å²) in [6.45, 7) is 5.33. The highest BCUT2D eigenvalue weighted by Crippen LogP contribution is 2.16. The van der Waals surface area contributed by atoms with E-state index in [9.17, 15) is 0 Å². The highest BCUT2D eigenvalue weighted by Gasteiger charge is 2.08. The standard InChI is InChI=1S/C16H24N4/c1-3-7-14(4-2)18-10-13-8-5-6-9-15(13)20-11-16(17)19-12-20/h5-6,8-9,11-12,14,18H,3-4,7,10,17H2,1-2H3. The van der Waals surface area contributed by atoms with Crippen LogP contribution in [0.1, 0.15) is 38.7 Å². The summed E-state index contributed by atoms with van der Waals surface area (Å²) in [5, 5.41) is 3.64. The summed E-state index contributed by atoms with van der Waals surface area (Å²) in [4.78, 5) is 4.10. The zero-order valence-electron chi connectivity index (χ0n) is 12.3. The Hall–Kier alpha value is -1.81. The average Bonchev–Trinajstić information content (AvgIpc) is 2.90. The van der Waals surface area contributed by atoms with Gasteiger partial charge in [-0.25, -0.2) is 4.98 Å². The van der Waals surface area contributed by atoms with Gasteiger partial charge in [0.05, 0.1) is 11.9 Å². The number of rotatable bonds is 7. The smallest absolute Gasteiger partial charge is 0.141 e. The Morgan fingerprint density at radius 1 is 1.30 bits per heavy atom. The highest BCUT2D eigenvalue weighted by molar-refractivity contribution is 5.43. The number of nitrogens with one attached hydrogen (secondary N) is 1. The lowest BCUT2D eigenvalue weighted by Gasteiger charge is -2.17. The quantitative estimate of drug-likeness (QED) is 0.814. The molecule has 0 saturated carbocycles. The zero-order valence-corrected chi connectivity index (χ0v) is 12.3. The maximum atomic E-state index is 5.70. The molecule has 1 heterocycles. The number of benzene rings is 1. The minimum atomic E-state index is 0.546. The predicted molar refractivity (Wildman–Crippen MR) is 83.8 cm³/mol. The normalized spacial score (nSPS) is 12.5. The lowest BCUT2D eigenvalue weighted by molar-refractivity contribution is 0.462. The first-order valence-corrected chi connectivity index (χ1v) is 7.35. The van der Waals surface area contributed by atoms with Gasteiger partial charge in [-0.15, -0.1) is 0 Å². The van der Waals surface area contributed by atoms with Gasteiger partial charge in [-0.3, -0.25) is 0 Å². The van der Waals surface area contributed by atoms with Crippen LogP contribution in [0.3, 0.4) is 0 Å². The van der Waals surface area contributed by atoms with Crippen LogP contribution in [-0.2, 0) is 6.54 Å². The van der Waals surface area contributed by atoms with Crippen molar-refractivity contribution in [3.63, 3.8) is 0 Å². The molecule has 0 aliphatic carbocycles. The van der Waals surface area contributed by atoms with E-state index in [-0.39, 0.29) is 0 Å². The lowest BCUT2D eigenvalue weighted by atomic mass is 10.1. The van der Waals surface area contributed by atoms with Crippen molar-refractivity contribution in [1.82, 2.24) is 14.9 Å². The molecule has 3 N–H and O–H groups in total. The summed E-state index contributed by atoms with van der Waals surface area (Å²) in [5.41, 5.74) is 8.10. The van der Waals surface area contributed by atoms with Gasteiger partial charge in [-0.2, -0.15) is 0 Å². The van der Waals surface area contributed by atoms with Gasteiger partial charge in [0.1, 0.15) is 12.1 Å². The van der Waals surface area contributed by atoms with Crippen LogP contribution in [0.5, 0.6) is 0 Å². The molecule has 2 aromatic rings. The fraction of sp³-hybridized carbons (Fsp3) is 0.438. The molecule has 4 nitrogen and oxygen atoms in total. The number of nitrogens with zero attached hydrogens (tertiary/aromatic N) is 2. The molecule has 0 saturated heterocycles. The molecular weight excluding hydrogens is 248 g/mol. The SMILES string of the molecule is CCCC(CC)NCc1ccccc1-n1cnc(N)c1. The number of imidazole rings is 1. The molecule has 0 amide bonds. The molecule has 0 radical (unpaired) electrons. The molecule has 1 atom stereocenters. The van der Waals surface area contributed by atoms with Crippen molar-refractivity contribution in [3.8, 4) is 5.69 Å². The number of para-hydroxylation sites is 1. The molecule has 4 heteroatoms. The van der Waals surface area contributed by atoms with Gasteiger partial charge in [0, 0.05) is 12.6 Å². The number of hydrogen-bond acceptors (Lipinski definition) is 3. The zero-order chi connectivity index (χ0) is 14.4. The highest BCUT2D eigenvalue weighted by atomic mass is 15.1. The van der Waals surface area contributed by atoms with Crippen molar-refractivity contribution in [1.29, 1.82) is 0 Å². The largest absolute Gasteiger partial charge is 0.382 e. The van der Waals surface area contributed by atoms with Crippen LogP contribution in [0.25, 0.3) is 5.69 Å². The Balaban J connectivity index is 2.12. The van der Waals surface area contributed by atoms with Crippen LogP contribution < -0.4 is 11.1 Å². The summed E-state index contributed by atoms with van der Waals surface area (Å²) < 4.78 is 1.98.